The van der Waals surface area contributed by atoms with Crippen LogP contribution in [0.5, 0.6) is 0 Å². The van der Waals surface area contributed by atoms with E-state index >= 15 is 0 Å². The van der Waals surface area contributed by atoms with Gasteiger partial charge in [-0.25, -0.2) is 4.98 Å². The monoisotopic (exact) mass is 519 g/mol. The van der Waals surface area contributed by atoms with Gasteiger partial charge in [0.25, 0.3) is 5.91 Å². The number of benzene rings is 1. The molecule has 8 nitrogen and oxygen atoms in total. The highest BCUT2D eigenvalue weighted by molar-refractivity contribution is 6.04. The Morgan fingerprint density at radius 3 is 2.61 bits per heavy atom. The summed E-state index contributed by atoms with van der Waals surface area (Å²) >= 11 is 0. The van der Waals surface area contributed by atoms with Crippen LogP contribution in [0.2, 0.25) is 0 Å². The number of halogens is 3. The van der Waals surface area contributed by atoms with Gasteiger partial charge in [0.15, 0.2) is 5.65 Å². The zero-order chi connectivity index (χ0) is 26.7. The van der Waals surface area contributed by atoms with Gasteiger partial charge >= 0.3 is 6.18 Å². The molecule has 0 atom stereocenters. The van der Waals surface area contributed by atoms with Gasteiger partial charge in [0.2, 0.25) is 0 Å². The van der Waals surface area contributed by atoms with Crippen LogP contribution in [0.4, 0.5) is 18.9 Å². The van der Waals surface area contributed by atoms with Crippen LogP contribution in [-0.4, -0.2) is 68.3 Å². The van der Waals surface area contributed by atoms with Crippen LogP contribution in [-0.2, 0) is 12.7 Å². The molecule has 0 bridgehead atoms. The zero-order valence-corrected chi connectivity index (χ0v) is 20.5. The van der Waals surface area contributed by atoms with E-state index in [2.05, 4.69) is 37.0 Å². The van der Waals surface area contributed by atoms with Gasteiger partial charge in [-0.05, 0) is 36.7 Å². The van der Waals surface area contributed by atoms with Crippen LogP contribution in [0.1, 0.15) is 32.7 Å². The number of piperazine rings is 1. The van der Waals surface area contributed by atoms with E-state index in [9.17, 15) is 18.0 Å². The van der Waals surface area contributed by atoms with Crippen molar-refractivity contribution in [1.82, 2.24) is 29.2 Å². The van der Waals surface area contributed by atoms with Gasteiger partial charge in [0, 0.05) is 68.8 Å². The molecule has 5 rings (SSSR count). The predicted molar refractivity (Wildman–Crippen MR) is 135 cm³/mol. The van der Waals surface area contributed by atoms with Crippen molar-refractivity contribution in [3.63, 3.8) is 0 Å². The van der Waals surface area contributed by atoms with Crippen molar-refractivity contribution in [3.8, 4) is 11.8 Å². The Balaban J connectivity index is 1.33. The number of anilines is 1. The van der Waals surface area contributed by atoms with E-state index in [0.29, 0.717) is 30.0 Å². The van der Waals surface area contributed by atoms with Gasteiger partial charge in [-0.3, -0.25) is 24.1 Å². The summed E-state index contributed by atoms with van der Waals surface area (Å²) in [6.45, 7) is 3.22. The SMILES string of the molecule is CN1CCN(Cc2ccc(NC(=O)c3cncc(C#Cc4cncc5nccn45)c3)cc2C(F)(F)F)CC1. The summed E-state index contributed by atoms with van der Waals surface area (Å²) in [5, 5.41) is 2.56. The van der Waals surface area contributed by atoms with Crippen molar-refractivity contribution in [2.24, 2.45) is 0 Å². The molecule has 1 amide bonds. The lowest BCUT2D eigenvalue weighted by Crippen LogP contribution is -2.44. The predicted octanol–water partition coefficient (Wildman–Crippen LogP) is 3.54. The van der Waals surface area contributed by atoms with Crippen molar-refractivity contribution in [2.45, 2.75) is 12.7 Å². The number of rotatable bonds is 4. The minimum atomic E-state index is -4.55. The zero-order valence-electron chi connectivity index (χ0n) is 20.5. The summed E-state index contributed by atoms with van der Waals surface area (Å²) in [5.41, 5.74) is 1.37. The van der Waals surface area contributed by atoms with E-state index in [1.807, 2.05) is 11.9 Å². The van der Waals surface area contributed by atoms with E-state index in [1.54, 1.807) is 29.2 Å². The van der Waals surface area contributed by atoms with Crippen molar-refractivity contribution < 1.29 is 18.0 Å². The van der Waals surface area contributed by atoms with Crippen LogP contribution >= 0.6 is 0 Å². The summed E-state index contributed by atoms with van der Waals surface area (Å²) in [4.78, 5) is 29.3. The third kappa shape index (κ3) is 5.82. The second kappa shape index (κ2) is 10.6. The first-order valence-corrected chi connectivity index (χ1v) is 11.9. The number of aromatic nitrogens is 4. The number of carbonyl (C=O) groups excluding carboxylic acids is 1. The van der Waals surface area contributed by atoms with E-state index in [0.717, 1.165) is 19.2 Å². The summed E-state index contributed by atoms with van der Waals surface area (Å²) < 4.78 is 43.4. The normalized spacial score (nSPS) is 14.7. The number of nitrogens with one attached hydrogen (secondary N) is 1. The minimum Gasteiger partial charge on any atom is -0.322 e. The number of alkyl halides is 3. The van der Waals surface area contributed by atoms with Gasteiger partial charge < -0.3 is 10.2 Å². The number of carbonyl (C=O) groups is 1. The minimum absolute atomic E-state index is 0.0544. The average Bonchev–Trinajstić information content (AvgIpc) is 3.39. The first-order valence-electron chi connectivity index (χ1n) is 11.9. The molecule has 0 saturated carbocycles. The quantitative estimate of drug-likeness (QED) is 0.416. The Labute approximate surface area is 217 Å². The van der Waals surface area contributed by atoms with Gasteiger partial charge in [0.05, 0.1) is 23.5 Å². The molecule has 38 heavy (non-hydrogen) atoms. The standard InChI is InChI=1S/C27H24F3N7O/c1-35-8-10-36(11-9-35)18-20-3-4-22(13-24(20)27(28,29)30)34-26(38)21-12-19(14-31-15-21)2-5-23-16-32-17-25-33-6-7-37(23)25/h3-4,6-7,12-17H,8-11,18H2,1H3,(H,34,38). The lowest BCUT2D eigenvalue weighted by atomic mass is 10.0. The van der Waals surface area contributed by atoms with Crippen molar-refractivity contribution in [3.05, 3.63) is 89.4 Å². The molecule has 4 aromatic rings. The number of amides is 1. The molecular weight excluding hydrogens is 495 g/mol. The van der Waals surface area contributed by atoms with Crippen LogP contribution in [0.3, 0.4) is 0 Å². The van der Waals surface area contributed by atoms with Gasteiger partial charge in [-0.15, -0.1) is 0 Å². The van der Waals surface area contributed by atoms with E-state index < -0.39 is 17.6 Å². The maximum Gasteiger partial charge on any atom is 0.416 e. The van der Waals surface area contributed by atoms with Crippen LogP contribution < -0.4 is 5.32 Å². The topological polar surface area (TPSA) is 78.7 Å². The molecule has 0 radical (unpaired) electrons. The fourth-order valence-corrected chi connectivity index (χ4v) is 4.22. The number of likely N-dealkylation sites (N-methyl/N-ethyl adjacent to an activating group) is 1. The molecule has 1 aromatic carbocycles. The second-order valence-electron chi connectivity index (χ2n) is 9.06. The maximum atomic E-state index is 13.9. The smallest absolute Gasteiger partial charge is 0.322 e. The third-order valence-corrected chi connectivity index (χ3v) is 6.31. The molecule has 4 heterocycles. The summed E-state index contributed by atoms with van der Waals surface area (Å²) in [6.07, 6.45) is 4.89. The van der Waals surface area contributed by atoms with Crippen LogP contribution in [0, 0.1) is 11.8 Å². The molecule has 1 N–H and O–H groups in total. The molecular formula is C27H24F3N7O. The molecule has 1 saturated heterocycles. The first kappa shape index (κ1) is 25.4. The highest BCUT2D eigenvalue weighted by Gasteiger charge is 2.34. The molecule has 1 aliphatic rings. The molecule has 11 heteroatoms. The molecule has 0 spiro atoms. The molecule has 3 aromatic heterocycles. The third-order valence-electron chi connectivity index (χ3n) is 6.31. The lowest BCUT2D eigenvalue weighted by Gasteiger charge is -2.33. The Hall–Kier alpha value is -4.27. The van der Waals surface area contributed by atoms with E-state index in [1.165, 1.54) is 30.6 Å². The molecule has 0 unspecified atom stereocenters. The summed E-state index contributed by atoms with van der Waals surface area (Å²) in [6, 6.07) is 5.44. The van der Waals surface area contributed by atoms with Gasteiger partial charge in [0.1, 0.15) is 5.69 Å². The molecule has 1 fully saturated rings. The van der Waals surface area contributed by atoms with Gasteiger partial charge in [-0.2, -0.15) is 13.2 Å². The average molecular weight is 520 g/mol. The first-order chi connectivity index (χ1) is 18.3. The summed E-state index contributed by atoms with van der Waals surface area (Å²) in [7, 11) is 1.99. The number of hydrogen-bond donors (Lipinski definition) is 1. The fourth-order valence-electron chi connectivity index (χ4n) is 4.22. The van der Waals surface area contributed by atoms with E-state index in [4.69, 9.17) is 0 Å². The van der Waals surface area contributed by atoms with Crippen LogP contribution in [0.25, 0.3) is 5.65 Å². The second-order valence-corrected chi connectivity index (χ2v) is 9.06. The highest BCUT2D eigenvalue weighted by Crippen LogP contribution is 2.34. The van der Waals surface area contributed by atoms with Crippen molar-refractivity contribution >= 4 is 17.2 Å². The maximum absolute atomic E-state index is 13.9. The Morgan fingerprint density at radius 1 is 1.03 bits per heavy atom. The Kier molecular flexibility index (Phi) is 7.09. The Morgan fingerprint density at radius 2 is 1.82 bits per heavy atom. The van der Waals surface area contributed by atoms with Crippen molar-refractivity contribution in [1.29, 1.82) is 0 Å². The highest BCUT2D eigenvalue weighted by atomic mass is 19.4. The fraction of sp³-hybridized carbons (Fsp3) is 0.259. The number of pyridine rings is 1. The number of hydrogen-bond acceptors (Lipinski definition) is 6. The molecule has 0 aliphatic carbocycles. The molecule has 194 valence electrons. The Bertz CT molecular complexity index is 1530. The lowest BCUT2D eigenvalue weighted by molar-refractivity contribution is -0.138. The number of fused-ring (bicyclic) bond motifs is 1. The number of nitrogens with zero attached hydrogens (tertiary/aromatic N) is 6. The van der Waals surface area contributed by atoms with E-state index in [-0.39, 0.29) is 23.4 Å². The summed E-state index contributed by atoms with van der Waals surface area (Å²) in [5.74, 6) is 5.34. The largest absolute Gasteiger partial charge is 0.416 e. The van der Waals surface area contributed by atoms with Gasteiger partial charge in [-0.1, -0.05) is 12.0 Å². The van der Waals surface area contributed by atoms with Crippen LogP contribution in [0.15, 0.2) is 61.4 Å². The van der Waals surface area contributed by atoms with Crippen molar-refractivity contribution in [2.75, 3.05) is 38.5 Å². The number of imidazole rings is 1. The molecule has 1 aliphatic heterocycles.